The van der Waals surface area contributed by atoms with Crippen LogP contribution in [0.2, 0.25) is 5.02 Å². The van der Waals surface area contributed by atoms with Crippen LogP contribution in [-0.2, 0) is 16.1 Å². The summed E-state index contributed by atoms with van der Waals surface area (Å²) >= 11 is 9.46. The maximum Gasteiger partial charge on any atom is 0.265 e. The van der Waals surface area contributed by atoms with Crippen molar-refractivity contribution in [3.8, 4) is 5.75 Å². The molecule has 6 nitrogen and oxygen atoms in total. The Labute approximate surface area is 183 Å². The molecule has 2 aromatic rings. The minimum Gasteiger partial charge on any atom is -0.482 e. The molecule has 0 spiro atoms. The molecule has 0 atom stereocenters. The first kappa shape index (κ1) is 20.2. The molecule has 0 unspecified atom stereocenters. The van der Waals surface area contributed by atoms with Gasteiger partial charge in [0.1, 0.15) is 12.3 Å². The van der Waals surface area contributed by atoms with Crippen LogP contribution in [0.15, 0.2) is 46.9 Å². The van der Waals surface area contributed by atoms with Crippen molar-refractivity contribution in [3.63, 3.8) is 0 Å². The van der Waals surface area contributed by atoms with E-state index in [0.29, 0.717) is 24.5 Å². The van der Waals surface area contributed by atoms with Gasteiger partial charge in [-0.1, -0.05) is 39.7 Å². The zero-order valence-corrected chi connectivity index (χ0v) is 18.2. The highest BCUT2D eigenvalue weighted by molar-refractivity contribution is 9.10. The van der Waals surface area contributed by atoms with Crippen molar-refractivity contribution >= 4 is 45.0 Å². The molecule has 0 N–H and O–H groups in total. The van der Waals surface area contributed by atoms with Crippen LogP contribution in [0.5, 0.6) is 5.75 Å². The Balaban J connectivity index is 1.35. The van der Waals surface area contributed by atoms with E-state index in [9.17, 15) is 9.59 Å². The number of nitrogens with zero attached hydrogens (tertiary/aromatic N) is 3. The fraction of sp³-hybridized carbons (Fsp3) is 0.333. The van der Waals surface area contributed by atoms with Crippen LogP contribution in [-0.4, -0.2) is 60.9 Å². The molecule has 29 heavy (non-hydrogen) atoms. The summed E-state index contributed by atoms with van der Waals surface area (Å²) in [6, 6.07) is 13.3. The second-order valence-corrected chi connectivity index (χ2v) is 8.52. The monoisotopic (exact) mass is 477 g/mol. The van der Waals surface area contributed by atoms with E-state index in [-0.39, 0.29) is 25.0 Å². The van der Waals surface area contributed by atoms with Gasteiger partial charge in [-0.15, -0.1) is 0 Å². The first-order valence-electron chi connectivity index (χ1n) is 9.47. The molecule has 1 saturated heterocycles. The quantitative estimate of drug-likeness (QED) is 0.677. The van der Waals surface area contributed by atoms with Gasteiger partial charge in [-0.05, 0) is 35.9 Å². The van der Waals surface area contributed by atoms with E-state index in [4.69, 9.17) is 16.3 Å². The zero-order chi connectivity index (χ0) is 20.4. The van der Waals surface area contributed by atoms with Gasteiger partial charge in [0.15, 0.2) is 6.61 Å². The molecule has 2 aliphatic rings. The number of ether oxygens (including phenoxy) is 1. The van der Waals surface area contributed by atoms with Crippen LogP contribution in [0.25, 0.3) is 0 Å². The Morgan fingerprint density at radius 2 is 1.90 bits per heavy atom. The predicted octanol–water partition coefficient (Wildman–Crippen LogP) is 3.17. The Hall–Kier alpha value is -2.09. The Kier molecular flexibility index (Phi) is 6.08. The van der Waals surface area contributed by atoms with Gasteiger partial charge < -0.3 is 9.64 Å². The van der Waals surface area contributed by atoms with Crippen molar-refractivity contribution in [1.82, 2.24) is 9.80 Å². The van der Waals surface area contributed by atoms with E-state index in [1.165, 1.54) is 10.5 Å². The molecule has 0 aliphatic carbocycles. The highest BCUT2D eigenvalue weighted by atomic mass is 79.9. The van der Waals surface area contributed by atoms with Gasteiger partial charge in [0, 0.05) is 42.2 Å². The lowest BCUT2D eigenvalue weighted by molar-refractivity contribution is -0.133. The number of carbonyl (C=O) groups is 2. The summed E-state index contributed by atoms with van der Waals surface area (Å²) < 4.78 is 6.36. The number of halogens is 2. The highest BCUT2D eigenvalue weighted by Crippen LogP contribution is 2.34. The van der Waals surface area contributed by atoms with E-state index in [1.807, 2.05) is 35.2 Å². The number of hydrogen-bond acceptors (Lipinski definition) is 4. The third-order valence-corrected chi connectivity index (χ3v) is 5.91. The van der Waals surface area contributed by atoms with Gasteiger partial charge >= 0.3 is 0 Å². The van der Waals surface area contributed by atoms with E-state index in [0.717, 1.165) is 29.1 Å². The SMILES string of the molecule is O=C(CN1C(=O)COc2cc(Br)ccc21)N1CCN(Cc2cccc(Cl)c2)CC1. The molecule has 0 radical (unpaired) electrons. The van der Waals surface area contributed by atoms with Crippen molar-refractivity contribution in [2.24, 2.45) is 0 Å². The van der Waals surface area contributed by atoms with Gasteiger partial charge in [-0.3, -0.25) is 19.4 Å². The average Bonchev–Trinajstić information content (AvgIpc) is 2.70. The number of amides is 2. The summed E-state index contributed by atoms with van der Waals surface area (Å²) in [6.07, 6.45) is 0. The van der Waals surface area contributed by atoms with Gasteiger partial charge in [-0.2, -0.15) is 0 Å². The third-order valence-electron chi connectivity index (χ3n) is 5.18. The number of piperazine rings is 1. The molecular weight excluding hydrogens is 458 g/mol. The van der Waals surface area contributed by atoms with Crippen molar-refractivity contribution in [2.45, 2.75) is 6.54 Å². The molecule has 0 aromatic heterocycles. The summed E-state index contributed by atoms with van der Waals surface area (Å²) in [4.78, 5) is 30.8. The van der Waals surface area contributed by atoms with Crippen molar-refractivity contribution < 1.29 is 14.3 Å². The number of rotatable bonds is 4. The van der Waals surface area contributed by atoms with E-state index < -0.39 is 0 Å². The van der Waals surface area contributed by atoms with Crippen LogP contribution >= 0.6 is 27.5 Å². The van der Waals surface area contributed by atoms with Gasteiger partial charge in [0.05, 0.1) is 5.69 Å². The van der Waals surface area contributed by atoms with Crippen molar-refractivity contribution in [2.75, 3.05) is 44.2 Å². The maximum absolute atomic E-state index is 12.8. The first-order valence-corrected chi connectivity index (χ1v) is 10.6. The Morgan fingerprint density at radius 1 is 1.10 bits per heavy atom. The fourth-order valence-electron chi connectivity index (χ4n) is 3.64. The summed E-state index contributed by atoms with van der Waals surface area (Å²) in [5, 5.41) is 0.735. The van der Waals surface area contributed by atoms with E-state index >= 15 is 0 Å². The lowest BCUT2D eigenvalue weighted by Crippen LogP contribution is -2.52. The average molecular weight is 479 g/mol. The van der Waals surface area contributed by atoms with E-state index in [1.54, 1.807) is 6.07 Å². The van der Waals surface area contributed by atoms with Crippen LogP contribution in [0, 0.1) is 0 Å². The number of hydrogen-bond donors (Lipinski definition) is 0. The largest absolute Gasteiger partial charge is 0.482 e. The molecule has 2 heterocycles. The lowest BCUT2D eigenvalue weighted by Gasteiger charge is -2.36. The highest BCUT2D eigenvalue weighted by Gasteiger charge is 2.30. The summed E-state index contributed by atoms with van der Waals surface area (Å²) in [5.41, 5.74) is 1.80. The topological polar surface area (TPSA) is 53.1 Å². The smallest absolute Gasteiger partial charge is 0.265 e. The number of fused-ring (bicyclic) bond motifs is 1. The minimum atomic E-state index is -0.201. The first-order chi connectivity index (χ1) is 14.0. The molecule has 152 valence electrons. The normalized spacial score (nSPS) is 17.1. The van der Waals surface area contributed by atoms with Gasteiger partial charge in [0.2, 0.25) is 5.91 Å². The second-order valence-electron chi connectivity index (χ2n) is 7.17. The molecule has 0 bridgehead atoms. The number of benzene rings is 2. The van der Waals surface area contributed by atoms with Crippen molar-refractivity contribution in [3.05, 3.63) is 57.5 Å². The minimum absolute atomic E-state index is 0.0329. The van der Waals surface area contributed by atoms with Crippen LogP contribution in [0.3, 0.4) is 0 Å². The maximum atomic E-state index is 12.8. The second kappa shape index (κ2) is 8.73. The van der Waals surface area contributed by atoms with Crippen LogP contribution in [0.1, 0.15) is 5.56 Å². The van der Waals surface area contributed by atoms with Gasteiger partial charge in [0.25, 0.3) is 5.91 Å². The molecule has 1 fully saturated rings. The Morgan fingerprint density at radius 3 is 2.66 bits per heavy atom. The van der Waals surface area contributed by atoms with Crippen LogP contribution in [0.4, 0.5) is 5.69 Å². The standard InChI is InChI=1S/C21H21BrClN3O3/c22-16-4-5-18-19(11-16)29-14-21(28)26(18)13-20(27)25-8-6-24(7-9-25)12-15-2-1-3-17(23)10-15/h1-5,10-11H,6-9,12-14H2. The van der Waals surface area contributed by atoms with Crippen LogP contribution < -0.4 is 9.64 Å². The predicted molar refractivity (Wildman–Crippen MR) is 115 cm³/mol. The third kappa shape index (κ3) is 4.74. The summed E-state index contributed by atoms with van der Waals surface area (Å²) in [7, 11) is 0. The summed E-state index contributed by atoms with van der Waals surface area (Å²) in [6.45, 7) is 3.66. The van der Waals surface area contributed by atoms with Gasteiger partial charge in [-0.25, -0.2) is 0 Å². The number of anilines is 1. The molecule has 2 aliphatic heterocycles. The summed E-state index contributed by atoms with van der Waals surface area (Å²) in [5.74, 6) is 0.363. The molecular formula is C21H21BrClN3O3. The van der Waals surface area contributed by atoms with Crippen molar-refractivity contribution in [1.29, 1.82) is 0 Å². The molecule has 4 rings (SSSR count). The van der Waals surface area contributed by atoms with E-state index in [2.05, 4.69) is 26.9 Å². The molecule has 2 aromatic carbocycles. The lowest BCUT2D eigenvalue weighted by atomic mass is 10.2. The zero-order valence-electron chi connectivity index (χ0n) is 15.8. The molecule has 8 heteroatoms. The Bertz CT molecular complexity index is 931. The molecule has 2 amide bonds. The number of carbonyl (C=O) groups excluding carboxylic acids is 2. The fourth-order valence-corrected chi connectivity index (χ4v) is 4.19. The molecule has 0 saturated carbocycles.